The van der Waals surface area contributed by atoms with Gasteiger partial charge in [0.05, 0.1) is 16.1 Å². The van der Waals surface area contributed by atoms with Gasteiger partial charge in [0.1, 0.15) is 0 Å². The van der Waals surface area contributed by atoms with Crippen LogP contribution in [0.15, 0.2) is 47.2 Å². The fraction of sp³-hybridized carbons (Fsp3) is 0. The summed E-state index contributed by atoms with van der Waals surface area (Å²) in [7, 11) is 0. The number of carbonyl (C=O) groups is 1. The predicted molar refractivity (Wildman–Crippen MR) is 74.9 cm³/mol. The minimum Gasteiger partial charge on any atom is -0.478 e. The first-order valence-electron chi connectivity index (χ1n) is 5.92. The lowest BCUT2D eigenvalue weighted by Crippen LogP contribution is -1.97. The van der Waals surface area contributed by atoms with Crippen molar-refractivity contribution >= 4 is 17.6 Å². The van der Waals surface area contributed by atoms with Crippen LogP contribution in [0.25, 0.3) is 22.8 Å². The molecule has 0 saturated heterocycles. The first kappa shape index (κ1) is 13.3. The number of aromatic carboxylic acids is 1. The van der Waals surface area contributed by atoms with Crippen molar-refractivity contribution in [2.75, 3.05) is 0 Å². The van der Waals surface area contributed by atoms with Crippen LogP contribution in [0.3, 0.4) is 0 Å². The zero-order chi connectivity index (χ0) is 14.8. The molecular weight excluding hydrogens is 294 g/mol. The van der Waals surface area contributed by atoms with Gasteiger partial charge in [-0.3, -0.25) is 4.98 Å². The van der Waals surface area contributed by atoms with Crippen LogP contribution in [0.1, 0.15) is 10.4 Å². The summed E-state index contributed by atoms with van der Waals surface area (Å²) >= 11 is 5.92. The Kier molecular flexibility index (Phi) is 3.37. The second-order valence-corrected chi connectivity index (χ2v) is 4.57. The number of hydrogen-bond acceptors (Lipinski definition) is 5. The molecule has 3 aromatic rings. The summed E-state index contributed by atoms with van der Waals surface area (Å²) in [4.78, 5) is 19.1. The molecule has 2 heterocycles. The number of benzene rings is 1. The number of nitrogens with zero attached hydrogens (tertiary/aromatic N) is 3. The van der Waals surface area contributed by atoms with Crippen molar-refractivity contribution < 1.29 is 14.4 Å². The molecule has 7 heteroatoms. The average molecular weight is 302 g/mol. The summed E-state index contributed by atoms with van der Waals surface area (Å²) in [5, 5.41) is 12.9. The Morgan fingerprint density at radius 1 is 1.24 bits per heavy atom. The van der Waals surface area contributed by atoms with Gasteiger partial charge in [-0.15, -0.1) is 0 Å². The molecule has 1 aromatic carbocycles. The van der Waals surface area contributed by atoms with E-state index in [-0.39, 0.29) is 10.6 Å². The van der Waals surface area contributed by atoms with E-state index in [1.54, 1.807) is 30.6 Å². The van der Waals surface area contributed by atoms with Crippen LogP contribution in [0.4, 0.5) is 0 Å². The minimum absolute atomic E-state index is 0.0244. The molecule has 0 bridgehead atoms. The van der Waals surface area contributed by atoms with Gasteiger partial charge in [0, 0.05) is 18.0 Å². The van der Waals surface area contributed by atoms with E-state index in [0.29, 0.717) is 22.8 Å². The molecule has 3 rings (SSSR count). The van der Waals surface area contributed by atoms with E-state index in [4.69, 9.17) is 21.2 Å². The summed E-state index contributed by atoms with van der Waals surface area (Å²) in [6, 6.07) is 8.03. The van der Waals surface area contributed by atoms with Gasteiger partial charge in [-0.05, 0) is 24.3 Å². The Morgan fingerprint density at radius 3 is 2.76 bits per heavy atom. The maximum atomic E-state index is 10.9. The largest absolute Gasteiger partial charge is 0.478 e. The molecule has 0 aliphatic heterocycles. The Hall–Kier alpha value is -2.73. The molecule has 0 saturated carbocycles. The highest BCUT2D eigenvalue weighted by molar-refractivity contribution is 6.33. The van der Waals surface area contributed by atoms with Gasteiger partial charge < -0.3 is 9.63 Å². The lowest BCUT2D eigenvalue weighted by atomic mass is 10.1. The summed E-state index contributed by atoms with van der Waals surface area (Å²) in [5.41, 5.74) is 1.30. The third-order valence-corrected chi connectivity index (χ3v) is 3.10. The molecular formula is C14H8ClN3O3. The van der Waals surface area contributed by atoms with Crippen LogP contribution in [0.5, 0.6) is 0 Å². The molecule has 6 nitrogen and oxygen atoms in total. The molecule has 0 aliphatic rings. The Balaban J connectivity index is 1.97. The van der Waals surface area contributed by atoms with Gasteiger partial charge in [-0.2, -0.15) is 4.98 Å². The smallest absolute Gasteiger partial charge is 0.337 e. The van der Waals surface area contributed by atoms with E-state index >= 15 is 0 Å². The van der Waals surface area contributed by atoms with Crippen molar-refractivity contribution in [2.24, 2.45) is 0 Å². The number of aromatic nitrogens is 3. The monoisotopic (exact) mass is 301 g/mol. The Morgan fingerprint density at radius 2 is 2.10 bits per heavy atom. The van der Waals surface area contributed by atoms with Crippen LogP contribution in [0, 0.1) is 0 Å². The molecule has 2 aromatic heterocycles. The first-order valence-corrected chi connectivity index (χ1v) is 6.30. The van der Waals surface area contributed by atoms with Gasteiger partial charge in [0.15, 0.2) is 0 Å². The summed E-state index contributed by atoms with van der Waals surface area (Å²) in [5.74, 6) is -0.431. The standard InChI is InChI=1S/C14H8ClN3O3/c15-11-6-8(3-4-10(11)14(19)20)12-17-13(21-18-12)9-2-1-5-16-7-9/h1-7H,(H,19,20). The fourth-order valence-corrected chi connectivity index (χ4v) is 2.04. The topological polar surface area (TPSA) is 89.1 Å². The van der Waals surface area contributed by atoms with E-state index in [1.165, 1.54) is 12.1 Å². The van der Waals surface area contributed by atoms with Crippen molar-refractivity contribution in [1.82, 2.24) is 15.1 Å². The third kappa shape index (κ3) is 2.61. The number of pyridine rings is 1. The normalized spacial score (nSPS) is 10.5. The van der Waals surface area contributed by atoms with Gasteiger partial charge >= 0.3 is 5.97 Å². The van der Waals surface area contributed by atoms with Gasteiger partial charge in [-0.1, -0.05) is 22.8 Å². The summed E-state index contributed by atoms with van der Waals surface area (Å²) in [6.45, 7) is 0. The molecule has 0 spiro atoms. The molecule has 0 unspecified atom stereocenters. The highest BCUT2D eigenvalue weighted by atomic mass is 35.5. The maximum absolute atomic E-state index is 10.9. The van der Waals surface area contributed by atoms with E-state index in [2.05, 4.69) is 15.1 Å². The minimum atomic E-state index is -1.09. The summed E-state index contributed by atoms with van der Waals surface area (Å²) in [6.07, 6.45) is 3.25. The Bertz CT molecular complexity index is 802. The zero-order valence-corrected chi connectivity index (χ0v) is 11.3. The van der Waals surface area contributed by atoms with Crippen molar-refractivity contribution in [2.45, 2.75) is 0 Å². The first-order chi connectivity index (χ1) is 10.1. The zero-order valence-electron chi connectivity index (χ0n) is 10.5. The third-order valence-electron chi connectivity index (χ3n) is 2.79. The van der Waals surface area contributed by atoms with E-state index in [0.717, 1.165) is 0 Å². The second kappa shape index (κ2) is 5.34. The number of carboxylic acid groups (broad SMARTS) is 1. The van der Waals surface area contributed by atoms with Crippen molar-refractivity contribution in [1.29, 1.82) is 0 Å². The maximum Gasteiger partial charge on any atom is 0.337 e. The second-order valence-electron chi connectivity index (χ2n) is 4.16. The molecule has 0 atom stereocenters. The molecule has 0 amide bonds. The Labute approximate surface area is 124 Å². The quantitative estimate of drug-likeness (QED) is 0.799. The SMILES string of the molecule is O=C(O)c1ccc(-c2noc(-c3cccnc3)n2)cc1Cl. The summed E-state index contributed by atoms with van der Waals surface area (Å²) < 4.78 is 5.16. The highest BCUT2D eigenvalue weighted by Crippen LogP contribution is 2.26. The van der Waals surface area contributed by atoms with Gasteiger partial charge in [-0.25, -0.2) is 4.79 Å². The van der Waals surface area contributed by atoms with E-state index in [9.17, 15) is 4.79 Å². The van der Waals surface area contributed by atoms with Crippen molar-refractivity contribution in [3.63, 3.8) is 0 Å². The lowest BCUT2D eigenvalue weighted by molar-refractivity contribution is 0.0697. The molecule has 0 radical (unpaired) electrons. The highest BCUT2D eigenvalue weighted by Gasteiger charge is 2.14. The van der Waals surface area contributed by atoms with Crippen molar-refractivity contribution in [3.8, 4) is 22.8 Å². The lowest BCUT2D eigenvalue weighted by Gasteiger charge is -2.00. The predicted octanol–water partition coefficient (Wildman–Crippen LogP) is 3.15. The number of rotatable bonds is 3. The van der Waals surface area contributed by atoms with Crippen LogP contribution in [-0.4, -0.2) is 26.2 Å². The van der Waals surface area contributed by atoms with Crippen LogP contribution in [0.2, 0.25) is 5.02 Å². The van der Waals surface area contributed by atoms with Crippen LogP contribution in [-0.2, 0) is 0 Å². The number of halogens is 1. The van der Waals surface area contributed by atoms with Crippen LogP contribution < -0.4 is 0 Å². The molecule has 1 N–H and O–H groups in total. The molecule has 0 aliphatic carbocycles. The van der Waals surface area contributed by atoms with E-state index < -0.39 is 5.97 Å². The van der Waals surface area contributed by atoms with Gasteiger partial charge in [0.2, 0.25) is 5.82 Å². The molecule has 104 valence electrons. The van der Waals surface area contributed by atoms with Gasteiger partial charge in [0.25, 0.3) is 5.89 Å². The number of hydrogen-bond donors (Lipinski definition) is 1. The van der Waals surface area contributed by atoms with Crippen LogP contribution >= 0.6 is 11.6 Å². The van der Waals surface area contributed by atoms with E-state index in [1.807, 2.05) is 0 Å². The molecule has 21 heavy (non-hydrogen) atoms. The number of carboxylic acids is 1. The fourth-order valence-electron chi connectivity index (χ4n) is 1.77. The molecule has 0 fully saturated rings. The van der Waals surface area contributed by atoms with Crippen molar-refractivity contribution in [3.05, 3.63) is 53.3 Å². The average Bonchev–Trinajstić information content (AvgIpc) is 2.97.